The van der Waals surface area contributed by atoms with E-state index < -0.39 is 23.3 Å². The SMILES string of the molecule is Fc1cc(Br)ccc1CNc1ccc(F)c(F)c1F. The first-order valence-electron chi connectivity index (χ1n) is 5.30. The van der Waals surface area contributed by atoms with Gasteiger partial charge in [0.05, 0.1) is 5.69 Å². The number of hydrogen-bond acceptors (Lipinski definition) is 1. The molecule has 0 unspecified atom stereocenters. The molecule has 2 aromatic rings. The van der Waals surface area contributed by atoms with Crippen LogP contribution in [0.3, 0.4) is 0 Å². The Balaban J connectivity index is 2.17. The summed E-state index contributed by atoms with van der Waals surface area (Å²) in [6.07, 6.45) is 0. The average molecular weight is 334 g/mol. The zero-order valence-electron chi connectivity index (χ0n) is 9.48. The molecular formula is C13H8BrF4N. The third kappa shape index (κ3) is 3.07. The van der Waals surface area contributed by atoms with Gasteiger partial charge in [0.15, 0.2) is 17.5 Å². The van der Waals surface area contributed by atoms with Crippen molar-refractivity contribution in [3.63, 3.8) is 0 Å². The monoisotopic (exact) mass is 333 g/mol. The van der Waals surface area contributed by atoms with Gasteiger partial charge in [0.1, 0.15) is 5.82 Å². The summed E-state index contributed by atoms with van der Waals surface area (Å²) < 4.78 is 53.1. The Morgan fingerprint density at radius 2 is 1.63 bits per heavy atom. The second kappa shape index (κ2) is 5.61. The summed E-state index contributed by atoms with van der Waals surface area (Å²) in [5.41, 5.74) is 0.0635. The predicted octanol–water partition coefficient (Wildman–Crippen LogP) is 4.62. The Kier molecular flexibility index (Phi) is 4.09. The molecule has 0 amide bonds. The lowest BCUT2D eigenvalue weighted by molar-refractivity contribution is 0.449. The topological polar surface area (TPSA) is 12.0 Å². The standard InChI is InChI=1S/C13H8BrF4N/c14-8-2-1-7(10(16)5-8)6-19-11-4-3-9(15)12(17)13(11)18/h1-5,19H,6H2. The maximum atomic E-state index is 13.5. The molecule has 100 valence electrons. The van der Waals surface area contributed by atoms with Gasteiger partial charge in [-0.25, -0.2) is 17.6 Å². The van der Waals surface area contributed by atoms with E-state index in [4.69, 9.17) is 0 Å². The normalized spacial score (nSPS) is 10.6. The first kappa shape index (κ1) is 13.9. The molecular weight excluding hydrogens is 326 g/mol. The van der Waals surface area contributed by atoms with Crippen LogP contribution in [-0.4, -0.2) is 0 Å². The Morgan fingerprint density at radius 3 is 2.32 bits per heavy atom. The van der Waals surface area contributed by atoms with Gasteiger partial charge in [-0.3, -0.25) is 0 Å². The van der Waals surface area contributed by atoms with Crippen molar-refractivity contribution in [1.29, 1.82) is 0 Å². The zero-order valence-corrected chi connectivity index (χ0v) is 11.1. The number of rotatable bonds is 3. The van der Waals surface area contributed by atoms with Crippen LogP contribution in [0.25, 0.3) is 0 Å². The van der Waals surface area contributed by atoms with Crippen molar-refractivity contribution in [2.45, 2.75) is 6.54 Å². The fourth-order valence-corrected chi connectivity index (χ4v) is 1.85. The van der Waals surface area contributed by atoms with Crippen molar-refractivity contribution in [3.8, 4) is 0 Å². The number of halogens is 5. The summed E-state index contributed by atoms with van der Waals surface area (Å²) in [5, 5.41) is 2.52. The molecule has 0 aliphatic carbocycles. The van der Waals surface area contributed by atoms with Crippen LogP contribution in [0.2, 0.25) is 0 Å². The highest BCUT2D eigenvalue weighted by Crippen LogP contribution is 2.21. The predicted molar refractivity (Wildman–Crippen MR) is 67.7 cm³/mol. The van der Waals surface area contributed by atoms with Crippen LogP contribution in [-0.2, 0) is 6.54 Å². The molecule has 1 N–H and O–H groups in total. The van der Waals surface area contributed by atoms with E-state index in [0.29, 0.717) is 4.47 Å². The highest BCUT2D eigenvalue weighted by molar-refractivity contribution is 9.10. The molecule has 0 bridgehead atoms. The Hall–Kier alpha value is -1.56. The summed E-state index contributed by atoms with van der Waals surface area (Å²) in [6.45, 7) is -0.0406. The van der Waals surface area contributed by atoms with Gasteiger partial charge in [-0.2, -0.15) is 0 Å². The summed E-state index contributed by atoms with van der Waals surface area (Å²) in [4.78, 5) is 0. The largest absolute Gasteiger partial charge is 0.378 e. The van der Waals surface area contributed by atoms with Crippen molar-refractivity contribution in [3.05, 3.63) is 63.6 Å². The van der Waals surface area contributed by atoms with Gasteiger partial charge in [0.2, 0.25) is 0 Å². The fourth-order valence-electron chi connectivity index (χ4n) is 1.52. The van der Waals surface area contributed by atoms with E-state index in [-0.39, 0.29) is 17.8 Å². The molecule has 0 fully saturated rings. The summed E-state index contributed by atoms with van der Waals surface area (Å²) in [5.74, 6) is -4.62. The Labute approximate surface area is 115 Å². The quantitative estimate of drug-likeness (QED) is 0.638. The van der Waals surface area contributed by atoms with Crippen molar-refractivity contribution in [2.75, 3.05) is 5.32 Å². The minimum Gasteiger partial charge on any atom is -0.378 e. The minimum atomic E-state index is -1.55. The lowest BCUT2D eigenvalue weighted by atomic mass is 10.2. The second-order valence-corrected chi connectivity index (χ2v) is 4.73. The van der Waals surface area contributed by atoms with Gasteiger partial charge in [0, 0.05) is 16.6 Å². The molecule has 0 aliphatic heterocycles. The Morgan fingerprint density at radius 1 is 0.895 bits per heavy atom. The van der Waals surface area contributed by atoms with E-state index in [1.807, 2.05) is 0 Å². The summed E-state index contributed by atoms with van der Waals surface area (Å²) in [7, 11) is 0. The molecule has 2 rings (SSSR count). The first-order chi connectivity index (χ1) is 8.99. The van der Waals surface area contributed by atoms with Crippen molar-refractivity contribution >= 4 is 21.6 Å². The number of anilines is 1. The third-order valence-electron chi connectivity index (χ3n) is 2.52. The number of nitrogens with one attached hydrogen (secondary N) is 1. The highest BCUT2D eigenvalue weighted by Gasteiger charge is 2.13. The van der Waals surface area contributed by atoms with Gasteiger partial charge in [-0.1, -0.05) is 22.0 Å². The zero-order chi connectivity index (χ0) is 14.0. The lowest BCUT2D eigenvalue weighted by Crippen LogP contribution is -2.05. The van der Waals surface area contributed by atoms with E-state index in [2.05, 4.69) is 21.2 Å². The van der Waals surface area contributed by atoms with E-state index >= 15 is 0 Å². The van der Waals surface area contributed by atoms with Gasteiger partial charge in [-0.15, -0.1) is 0 Å². The van der Waals surface area contributed by atoms with Gasteiger partial charge >= 0.3 is 0 Å². The molecule has 0 atom stereocenters. The number of hydrogen-bond donors (Lipinski definition) is 1. The van der Waals surface area contributed by atoms with Crippen LogP contribution in [0, 0.1) is 23.3 Å². The lowest BCUT2D eigenvalue weighted by Gasteiger charge is -2.09. The van der Waals surface area contributed by atoms with E-state index in [1.165, 1.54) is 12.1 Å². The molecule has 0 saturated heterocycles. The van der Waals surface area contributed by atoms with Crippen LogP contribution in [0.1, 0.15) is 5.56 Å². The highest BCUT2D eigenvalue weighted by atomic mass is 79.9. The average Bonchev–Trinajstić information content (AvgIpc) is 2.37. The van der Waals surface area contributed by atoms with Gasteiger partial charge in [-0.05, 0) is 24.3 Å². The molecule has 19 heavy (non-hydrogen) atoms. The van der Waals surface area contributed by atoms with E-state index in [0.717, 1.165) is 12.1 Å². The van der Waals surface area contributed by atoms with Crippen molar-refractivity contribution in [2.24, 2.45) is 0 Å². The van der Waals surface area contributed by atoms with Crippen LogP contribution >= 0.6 is 15.9 Å². The molecule has 0 heterocycles. The van der Waals surface area contributed by atoms with Crippen molar-refractivity contribution < 1.29 is 17.6 Å². The van der Waals surface area contributed by atoms with Crippen LogP contribution in [0.4, 0.5) is 23.2 Å². The molecule has 6 heteroatoms. The van der Waals surface area contributed by atoms with Crippen LogP contribution < -0.4 is 5.32 Å². The maximum absolute atomic E-state index is 13.5. The summed E-state index contributed by atoms with van der Waals surface area (Å²) in [6, 6.07) is 6.26. The Bertz CT molecular complexity index is 616. The first-order valence-corrected chi connectivity index (χ1v) is 6.09. The smallest absolute Gasteiger partial charge is 0.196 e. The molecule has 2 aromatic carbocycles. The molecule has 0 aromatic heterocycles. The molecule has 0 saturated carbocycles. The van der Waals surface area contributed by atoms with Crippen LogP contribution in [0.15, 0.2) is 34.8 Å². The fraction of sp³-hybridized carbons (Fsp3) is 0.0769. The molecule has 1 nitrogen and oxygen atoms in total. The van der Waals surface area contributed by atoms with Gasteiger partial charge < -0.3 is 5.32 Å². The number of benzene rings is 2. The minimum absolute atomic E-state index is 0.0406. The van der Waals surface area contributed by atoms with Crippen molar-refractivity contribution in [1.82, 2.24) is 0 Å². The molecule has 0 radical (unpaired) electrons. The molecule has 0 aliphatic rings. The second-order valence-electron chi connectivity index (χ2n) is 3.81. The van der Waals surface area contributed by atoms with Gasteiger partial charge in [0.25, 0.3) is 0 Å². The van der Waals surface area contributed by atoms with E-state index in [1.54, 1.807) is 6.07 Å². The third-order valence-corrected chi connectivity index (χ3v) is 3.01. The molecule has 0 spiro atoms. The van der Waals surface area contributed by atoms with E-state index in [9.17, 15) is 17.6 Å². The van der Waals surface area contributed by atoms with Crippen LogP contribution in [0.5, 0.6) is 0 Å². The summed E-state index contributed by atoms with van der Waals surface area (Å²) >= 11 is 3.11. The maximum Gasteiger partial charge on any atom is 0.196 e.